The second-order valence-corrected chi connectivity index (χ2v) is 4.43. The van der Waals surface area contributed by atoms with Gasteiger partial charge >= 0.3 is 5.97 Å². The lowest BCUT2D eigenvalue weighted by Gasteiger charge is -2.00. The summed E-state index contributed by atoms with van der Waals surface area (Å²) in [5.41, 5.74) is 0.811. The van der Waals surface area contributed by atoms with Crippen LogP contribution in [0.2, 0.25) is 5.15 Å². The van der Waals surface area contributed by atoms with E-state index in [1.54, 1.807) is 17.5 Å². The Morgan fingerprint density at radius 3 is 2.95 bits per heavy atom. The summed E-state index contributed by atoms with van der Waals surface area (Å²) < 4.78 is 6.64. The van der Waals surface area contributed by atoms with E-state index in [1.807, 2.05) is 30.3 Å². The zero-order valence-electron chi connectivity index (χ0n) is 10.3. The Labute approximate surface area is 114 Å². The summed E-state index contributed by atoms with van der Waals surface area (Å²) in [6.45, 7) is 2.04. The molecule has 0 fully saturated rings. The molecule has 0 unspecified atom stereocenters. The molecule has 0 aliphatic heterocycles. The molecule has 0 atom stereocenters. The molecule has 0 amide bonds. The van der Waals surface area contributed by atoms with Gasteiger partial charge in [-0.2, -0.15) is 0 Å². The van der Waals surface area contributed by atoms with Crippen molar-refractivity contribution < 1.29 is 9.53 Å². The largest absolute Gasteiger partial charge is 0.461 e. The van der Waals surface area contributed by atoms with Crippen molar-refractivity contribution in [2.75, 3.05) is 6.61 Å². The number of hydrogen-bond donors (Lipinski definition) is 0. The van der Waals surface area contributed by atoms with Gasteiger partial charge in [-0.15, -0.1) is 0 Å². The van der Waals surface area contributed by atoms with Crippen LogP contribution >= 0.6 is 11.6 Å². The van der Waals surface area contributed by atoms with Crippen LogP contribution < -0.4 is 0 Å². The van der Waals surface area contributed by atoms with Crippen LogP contribution in [0.25, 0.3) is 16.4 Å². The van der Waals surface area contributed by atoms with Crippen molar-refractivity contribution in [1.82, 2.24) is 9.38 Å². The van der Waals surface area contributed by atoms with Gasteiger partial charge in [0.05, 0.1) is 6.61 Å². The highest BCUT2D eigenvalue weighted by Gasteiger charge is 2.19. The number of carbonyl (C=O) groups excluding carboxylic acids is 1. The number of benzene rings is 1. The first-order chi connectivity index (χ1) is 9.22. The predicted molar refractivity (Wildman–Crippen MR) is 73.7 cm³/mol. The van der Waals surface area contributed by atoms with Crippen molar-refractivity contribution in [2.24, 2.45) is 0 Å². The minimum absolute atomic E-state index is 0.153. The molecule has 0 N–H and O–H groups in total. The zero-order chi connectivity index (χ0) is 13.4. The summed E-state index contributed by atoms with van der Waals surface area (Å²) >= 11 is 6.19. The number of imidazole rings is 1. The fourth-order valence-electron chi connectivity index (χ4n) is 2.07. The molecular formula is C14H11ClN2O2. The van der Waals surface area contributed by atoms with Gasteiger partial charge in [0.15, 0.2) is 5.69 Å². The van der Waals surface area contributed by atoms with Crippen LogP contribution in [0.5, 0.6) is 0 Å². The number of pyridine rings is 1. The van der Waals surface area contributed by atoms with Gasteiger partial charge in [0.25, 0.3) is 0 Å². The molecule has 2 heterocycles. The lowest BCUT2D eigenvalue weighted by Crippen LogP contribution is -2.05. The van der Waals surface area contributed by atoms with Crippen LogP contribution in [-0.4, -0.2) is 22.0 Å². The summed E-state index contributed by atoms with van der Waals surface area (Å²) in [5, 5.41) is 2.27. The Kier molecular flexibility index (Phi) is 2.87. The fraction of sp³-hybridized carbons (Fsp3) is 0.143. The van der Waals surface area contributed by atoms with Crippen LogP contribution in [0.4, 0.5) is 0 Å². The van der Waals surface area contributed by atoms with E-state index in [0.717, 1.165) is 10.8 Å². The second-order valence-electron chi connectivity index (χ2n) is 4.07. The molecule has 4 nitrogen and oxygen atoms in total. The zero-order valence-corrected chi connectivity index (χ0v) is 11.0. The Hall–Kier alpha value is -2.07. The molecule has 0 radical (unpaired) electrons. The van der Waals surface area contributed by atoms with E-state index in [1.165, 1.54) is 0 Å². The third kappa shape index (κ3) is 1.85. The van der Waals surface area contributed by atoms with E-state index >= 15 is 0 Å². The van der Waals surface area contributed by atoms with E-state index in [9.17, 15) is 4.79 Å². The molecule has 19 heavy (non-hydrogen) atoms. The lowest BCUT2D eigenvalue weighted by atomic mass is 10.2. The number of hydrogen-bond acceptors (Lipinski definition) is 3. The van der Waals surface area contributed by atoms with E-state index in [0.29, 0.717) is 12.3 Å². The lowest BCUT2D eigenvalue weighted by molar-refractivity contribution is 0.0520. The molecule has 3 rings (SSSR count). The molecule has 96 valence electrons. The van der Waals surface area contributed by atoms with E-state index in [4.69, 9.17) is 16.3 Å². The number of ether oxygens (including phenoxy) is 1. The highest BCUT2D eigenvalue weighted by atomic mass is 35.5. The summed E-state index contributed by atoms with van der Waals surface area (Å²) in [6, 6.07) is 9.75. The van der Waals surface area contributed by atoms with Crippen molar-refractivity contribution in [1.29, 1.82) is 0 Å². The Morgan fingerprint density at radius 1 is 1.37 bits per heavy atom. The standard InChI is InChI=1S/C14H11ClN2O2/c1-2-19-14(18)11-12(15)17-8-7-9-5-3-4-6-10(9)13(17)16-11/h3-8H,2H2,1H3. The quantitative estimate of drug-likeness (QED) is 0.673. The number of fused-ring (bicyclic) bond motifs is 3. The molecule has 1 aromatic carbocycles. The second kappa shape index (κ2) is 4.55. The maximum Gasteiger partial charge on any atom is 0.360 e. The number of aromatic nitrogens is 2. The number of esters is 1. The number of halogens is 1. The van der Waals surface area contributed by atoms with Crippen LogP contribution in [0.3, 0.4) is 0 Å². The molecule has 0 aliphatic carbocycles. The topological polar surface area (TPSA) is 43.6 Å². The van der Waals surface area contributed by atoms with Crippen molar-refractivity contribution in [2.45, 2.75) is 6.92 Å². The predicted octanol–water partition coefficient (Wildman–Crippen LogP) is 3.32. The minimum Gasteiger partial charge on any atom is -0.461 e. The molecule has 2 aromatic heterocycles. The number of nitrogens with zero attached hydrogens (tertiary/aromatic N) is 2. The van der Waals surface area contributed by atoms with Crippen molar-refractivity contribution in [3.8, 4) is 0 Å². The molecule has 5 heteroatoms. The molecule has 0 saturated heterocycles. The maximum atomic E-state index is 11.8. The summed E-state index contributed by atoms with van der Waals surface area (Å²) in [5.74, 6) is -0.500. The van der Waals surface area contributed by atoms with E-state index < -0.39 is 5.97 Å². The van der Waals surface area contributed by atoms with Crippen molar-refractivity contribution >= 4 is 34.0 Å². The fourth-order valence-corrected chi connectivity index (χ4v) is 2.32. The Morgan fingerprint density at radius 2 is 2.16 bits per heavy atom. The third-order valence-electron chi connectivity index (χ3n) is 2.93. The monoisotopic (exact) mass is 274 g/mol. The molecular weight excluding hydrogens is 264 g/mol. The SMILES string of the molecule is CCOC(=O)c1nc2c3ccccc3ccn2c1Cl. The first-order valence-electron chi connectivity index (χ1n) is 5.94. The van der Waals surface area contributed by atoms with Gasteiger partial charge in [-0.05, 0) is 18.4 Å². The van der Waals surface area contributed by atoms with Crippen LogP contribution in [0.1, 0.15) is 17.4 Å². The van der Waals surface area contributed by atoms with Gasteiger partial charge in [-0.25, -0.2) is 9.78 Å². The average molecular weight is 275 g/mol. The van der Waals surface area contributed by atoms with E-state index in [2.05, 4.69) is 4.98 Å². The highest BCUT2D eigenvalue weighted by Crippen LogP contribution is 2.25. The Balaban J connectivity index is 2.30. The van der Waals surface area contributed by atoms with Gasteiger partial charge in [-0.3, -0.25) is 4.40 Å². The first kappa shape index (κ1) is 12.0. The van der Waals surface area contributed by atoms with Gasteiger partial charge in [0.2, 0.25) is 0 Å². The molecule has 0 aliphatic rings. The maximum absolute atomic E-state index is 11.8. The van der Waals surface area contributed by atoms with Crippen LogP contribution in [0, 0.1) is 0 Å². The average Bonchev–Trinajstić information content (AvgIpc) is 2.77. The summed E-state index contributed by atoms with van der Waals surface area (Å²) in [7, 11) is 0. The van der Waals surface area contributed by atoms with Gasteiger partial charge in [0.1, 0.15) is 10.8 Å². The normalized spacial score (nSPS) is 11.1. The van der Waals surface area contributed by atoms with Crippen LogP contribution in [0.15, 0.2) is 36.5 Å². The molecule has 0 bridgehead atoms. The number of carbonyl (C=O) groups is 1. The van der Waals surface area contributed by atoms with Gasteiger partial charge < -0.3 is 4.74 Å². The molecule has 3 aromatic rings. The van der Waals surface area contributed by atoms with Gasteiger partial charge in [0, 0.05) is 11.6 Å². The smallest absolute Gasteiger partial charge is 0.360 e. The van der Waals surface area contributed by atoms with Crippen molar-refractivity contribution in [3.05, 3.63) is 47.4 Å². The summed E-state index contributed by atoms with van der Waals surface area (Å²) in [4.78, 5) is 16.1. The minimum atomic E-state index is -0.500. The third-order valence-corrected chi connectivity index (χ3v) is 3.29. The first-order valence-corrected chi connectivity index (χ1v) is 6.32. The van der Waals surface area contributed by atoms with Crippen molar-refractivity contribution in [3.63, 3.8) is 0 Å². The summed E-state index contributed by atoms with van der Waals surface area (Å²) in [6.07, 6.45) is 1.80. The van der Waals surface area contributed by atoms with Gasteiger partial charge in [-0.1, -0.05) is 35.9 Å². The Bertz CT molecular complexity index is 780. The number of rotatable bonds is 2. The van der Waals surface area contributed by atoms with E-state index in [-0.39, 0.29) is 10.8 Å². The highest BCUT2D eigenvalue weighted by molar-refractivity contribution is 6.33. The molecule has 0 saturated carbocycles. The van der Waals surface area contributed by atoms with Crippen LogP contribution in [-0.2, 0) is 4.74 Å². The molecule has 0 spiro atoms.